The quantitative estimate of drug-likeness (QED) is 0.693. The Morgan fingerprint density at radius 2 is 1.48 bits per heavy atom. The highest BCUT2D eigenvalue weighted by molar-refractivity contribution is 6.08. The third-order valence-electron chi connectivity index (χ3n) is 6.00. The van der Waals surface area contributed by atoms with Crippen molar-refractivity contribution in [3.63, 3.8) is 0 Å². The van der Waals surface area contributed by atoms with Crippen LogP contribution < -0.4 is 0 Å². The molecule has 0 aliphatic carbocycles. The molecular formula is C24H28N2O. The molecule has 2 heterocycles. The fourth-order valence-corrected chi connectivity index (χ4v) is 4.39. The minimum absolute atomic E-state index is 0.110. The number of likely N-dealkylation sites (tertiary alicyclic amines) is 1. The lowest BCUT2D eigenvalue weighted by Crippen LogP contribution is -2.34. The van der Waals surface area contributed by atoms with E-state index >= 15 is 0 Å². The maximum atomic E-state index is 12.5. The molecule has 140 valence electrons. The number of carbonyl (C=O) groups excluding carboxylic acids is 1. The molecule has 1 amide bonds. The fourth-order valence-electron chi connectivity index (χ4n) is 4.39. The SMILES string of the molecule is C=C1c2ccccc2C(=O)N1CCCCN1CCC(c2ccccc2)CC1. The minimum Gasteiger partial charge on any atom is -0.308 e. The molecule has 0 bridgehead atoms. The van der Waals surface area contributed by atoms with Gasteiger partial charge in [-0.25, -0.2) is 0 Å². The third-order valence-corrected chi connectivity index (χ3v) is 6.00. The second-order valence-corrected chi connectivity index (χ2v) is 7.68. The first kappa shape index (κ1) is 18.0. The zero-order valence-corrected chi connectivity index (χ0v) is 15.9. The standard InChI is InChI=1S/C24H28N2O/c1-19-22-11-5-6-12-23(22)24(27)26(19)16-8-7-15-25-17-13-21(14-18-25)20-9-3-2-4-10-20/h2-6,9-12,21H,1,7-8,13-18H2. The summed E-state index contributed by atoms with van der Waals surface area (Å²) in [5.41, 5.74) is 4.14. The fraction of sp³-hybridized carbons (Fsp3) is 0.375. The third kappa shape index (κ3) is 3.84. The summed E-state index contributed by atoms with van der Waals surface area (Å²) >= 11 is 0. The van der Waals surface area contributed by atoms with E-state index < -0.39 is 0 Å². The van der Waals surface area contributed by atoms with Crippen molar-refractivity contribution in [1.29, 1.82) is 0 Å². The lowest BCUT2D eigenvalue weighted by atomic mass is 9.89. The van der Waals surface area contributed by atoms with Gasteiger partial charge < -0.3 is 9.80 Å². The van der Waals surface area contributed by atoms with Crippen molar-refractivity contribution >= 4 is 11.6 Å². The summed E-state index contributed by atoms with van der Waals surface area (Å²) in [4.78, 5) is 17.0. The van der Waals surface area contributed by atoms with E-state index in [1.165, 1.54) is 31.5 Å². The molecule has 0 aromatic heterocycles. The van der Waals surface area contributed by atoms with Crippen LogP contribution >= 0.6 is 0 Å². The maximum absolute atomic E-state index is 12.5. The molecule has 0 spiro atoms. The van der Waals surface area contributed by atoms with Gasteiger partial charge in [0.15, 0.2) is 0 Å². The van der Waals surface area contributed by atoms with E-state index in [9.17, 15) is 4.79 Å². The molecule has 1 saturated heterocycles. The van der Waals surface area contributed by atoms with Gasteiger partial charge in [-0.1, -0.05) is 55.1 Å². The van der Waals surface area contributed by atoms with Gasteiger partial charge in [0.05, 0.1) is 0 Å². The summed E-state index contributed by atoms with van der Waals surface area (Å²) in [6, 6.07) is 18.7. The van der Waals surface area contributed by atoms with Crippen molar-refractivity contribution in [2.75, 3.05) is 26.2 Å². The van der Waals surface area contributed by atoms with Gasteiger partial charge >= 0.3 is 0 Å². The molecule has 1 fully saturated rings. The Hall–Kier alpha value is -2.39. The van der Waals surface area contributed by atoms with Crippen molar-refractivity contribution < 1.29 is 4.79 Å². The van der Waals surface area contributed by atoms with E-state index in [1.54, 1.807) is 0 Å². The predicted molar refractivity (Wildman–Crippen MR) is 111 cm³/mol. The largest absolute Gasteiger partial charge is 0.308 e. The zero-order valence-electron chi connectivity index (χ0n) is 15.9. The number of hydrogen-bond acceptors (Lipinski definition) is 2. The summed E-state index contributed by atoms with van der Waals surface area (Å²) in [5.74, 6) is 0.825. The second kappa shape index (κ2) is 8.10. The van der Waals surface area contributed by atoms with Gasteiger partial charge in [-0.05, 0) is 62.9 Å². The molecule has 0 N–H and O–H groups in total. The second-order valence-electron chi connectivity index (χ2n) is 7.68. The number of piperidine rings is 1. The molecule has 0 atom stereocenters. The number of nitrogens with zero attached hydrogens (tertiary/aromatic N) is 2. The molecule has 4 rings (SSSR count). The van der Waals surface area contributed by atoms with Crippen molar-refractivity contribution in [2.24, 2.45) is 0 Å². The minimum atomic E-state index is 0.110. The van der Waals surface area contributed by atoms with Crippen LogP contribution in [0.5, 0.6) is 0 Å². The number of amides is 1. The van der Waals surface area contributed by atoms with Crippen molar-refractivity contribution in [2.45, 2.75) is 31.6 Å². The number of benzene rings is 2. The summed E-state index contributed by atoms with van der Waals surface area (Å²) < 4.78 is 0. The Labute approximate surface area is 162 Å². The predicted octanol–water partition coefficient (Wildman–Crippen LogP) is 4.77. The first-order valence-electron chi connectivity index (χ1n) is 10.1. The number of rotatable bonds is 6. The zero-order chi connectivity index (χ0) is 18.6. The molecule has 0 radical (unpaired) electrons. The van der Waals surface area contributed by atoms with E-state index in [0.29, 0.717) is 5.92 Å². The molecule has 0 saturated carbocycles. The highest BCUT2D eigenvalue weighted by Crippen LogP contribution is 2.31. The van der Waals surface area contributed by atoms with Crippen LogP contribution in [0.4, 0.5) is 0 Å². The average Bonchev–Trinajstić information content (AvgIpc) is 2.97. The van der Waals surface area contributed by atoms with E-state index in [0.717, 1.165) is 42.8 Å². The molecule has 3 nitrogen and oxygen atoms in total. The molecule has 2 aromatic carbocycles. The van der Waals surface area contributed by atoms with Crippen LogP contribution in [0, 0.1) is 0 Å². The molecule has 2 aliphatic heterocycles. The summed E-state index contributed by atoms with van der Waals surface area (Å²) in [5, 5.41) is 0. The Morgan fingerprint density at radius 1 is 0.852 bits per heavy atom. The Morgan fingerprint density at radius 3 is 2.19 bits per heavy atom. The summed E-state index contributed by atoms with van der Waals surface area (Å²) in [6.45, 7) is 8.39. The van der Waals surface area contributed by atoms with E-state index in [2.05, 4.69) is 41.8 Å². The monoisotopic (exact) mass is 360 g/mol. The summed E-state index contributed by atoms with van der Waals surface area (Å²) in [7, 11) is 0. The number of hydrogen-bond donors (Lipinski definition) is 0. The molecule has 2 aliphatic rings. The van der Waals surface area contributed by atoms with Gasteiger partial charge in [0.25, 0.3) is 5.91 Å². The highest BCUT2D eigenvalue weighted by atomic mass is 16.2. The van der Waals surface area contributed by atoms with Crippen LogP contribution in [0.2, 0.25) is 0 Å². The van der Waals surface area contributed by atoms with Gasteiger partial charge in [-0.2, -0.15) is 0 Å². The van der Waals surface area contributed by atoms with E-state index in [1.807, 2.05) is 29.2 Å². The maximum Gasteiger partial charge on any atom is 0.258 e. The van der Waals surface area contributed by atoms with Crippen molar-refractivity contribution in [3.8, 4) is 0 Å². The number of carbonyl (C=O) groups is 1. The topological polar surface area (TPSA) is 23.6 Å². The number of unbranched alkanes of at least 4 members (excludes halogenated alkanes) is 1. The molecule has 2 aromatic rings. The Kier molecular flexibility index (Phi) is 5.40. The van der Waals surface area contributed by atoms with E-state index in [-0.39, 0.29) is 5.91 Å². The summed E-state index contributed by atoms with van der Waals surface area (Å²) in [6.07, 6.45) is 4.66. The van der Waals surface area contributed by atoms with Gasteiger partial charge in [-0.15, -0.1) is 0 Å². The molecular weight excluding hydrogens is 332 g/mol. The Bertz CT molecular complexity index is 771. The first-order chi connectivity index (χ1) is 13.2. The van der Waals surface area contributed by atoms with Crippen LogP contribution in [0.1, 0.15) is 53.1 Å². The van der Waals surface area contributed by atoms with Gasteiger partial charge in [0.1, 0.15) is 0 Å². The lowest BCUT2D eigenvalue weighted by molar-refractivity contribution is 0.0847. The van der Waals surface area contributed by atoms with Crippen molar-refractivity contribution in [1.82, 2.24) is 9.80 Å². The van der Waals surface area contributed by atoms with Crippen LogP contribution in [0.3, 0.4) is 0 Å². The van der Waals surface area contributed by atoms with Crippen molar-refractivity contribution in [3.05, 3.63) is 77.9 Å². The van der Waals surface area contributed by atoms with Crippen LogP contribution in [0.15, 0.2) is 61.2 Å². The normalized spacial score (nSPS) is 18.1. The lowest BCUT2D eigenvalue weighted by Gasteiger charge is -2.32. The van der Waals surface area contributed by atoms with Crippen LogP contribution in [-0.4, -0.2) is 41.9 Å². The molecule has 27 heavy (non-hydrogen) atoms. The van der Waals surface area contributed by atoms with E-state index in [4.69, 9.17) is 0 Å². The smallest absolute Gasteiger partial charge is 0.258 e. The first-order valence-corrected chi connectivity index (χ1v) is 10.1. The average molecular weight is 361 g/mol. The Balaban J connectivity index is 1.20. The van der Waals surface area contributed by atoms with Gasteiger partial charge in [-0.3, -0.25) is 4.79 Å². The van der Waals surface area contributed by atoms with Gasteiger partial charge in [0.2, 0.25) is 0 Å². The van der Waals surface area contributed by atoms with Gasteiger partial charge in [0, 0.05) is 23.4 Å². The molecule has 0 unspecified atom stereocenters. The van der Waals surface area contributed by atoms with Crippen LogP contribution in [-0.2, 0) is 0 Å². The number of fused-ring (bicyclic) bond motifs is 1. The molecule has 3 heteroatoms. The van der Waals surface area contributed by atoms with Crippen LogP contribution in [0.25, 0.3) is 5.70 Å². The highest BCUT2D eigenvalue weighted by Gasteiger charge is 2.30.